The number of amides is 1. The summed E-state index contributed by atoms with van der Waals surface area (Å²) in [7, 11) is 3.28. The Hall–Kier alpha value is -2.23. The molecule has 1 aromatic heterocycles. The van der Waals surface area contributed by atoms with Crippen molar-refractivity contribution in [3.8, 4) is 11.5 Å². The smallest absolute Gasteiger partial charge is 0.233 e. The highest BCUT2D eigenvalue weighted by molar-refractivity contribution is 8.03. The van der Waals surface area contributed by atoms with E-state index in [-0.39, 0.29) is 11.9 Å². The van der Waals surface area contributed by atoms with Crippen LogP contribution in [0.5, 0.6) is 11.5 Å². The molecule has 0 fully saturated rings. The molecule has 0 radical (unpaired) electrons. The van der Waals surface area contributed by atoms with E-state index in [1.165, 1.54) is 28.7 Å². The van der Waals surface area contributed by atoms with Crippen LogP contribution in [-0.2, 0) is 11.2 Å². The number of benzene rings is 2. The van der Waals surface area contributed by atoms with Gasteiger partial charge in [0.15, 0.2) is 20.2 Å². The summed E-state index contributed by atoms with van der Waals surface area (Å²) in [6.45, 7) is 0.646. The molecular weight excluding hydrogens is 450 g/mol. The Balaban J connectivity index is 1.65. The zero-order chi connectivity index (χ0) is 21.8. The second-order valence-electron chi connectivity index (χ2n) is 6.88. The number of fused-ring (bicyclic) bond motifs is 1. The molecule has 0 N–H and O–H groups in total. The van der Waals surface area contributed by atoms with Gasteiger partial charge in [-0.05, 0) is 41.5 Å². The van der Waals surface area contributed by atoms with E-state index in [0.717, 1.165) is 26.2 Å². The Morgan fingerprint density at radius 3 is 2.52 bits per heavy atom. The first-order valence-corrected chi connectivity index (χ1v) is 12.8. The standard InChI is InChI=1S/C22H23N3O3S3/c1-27-17-11-15-9-10-25(19(26)13-30-22-24-23-21(29-3)31-22)20(14-7-5-4-6-8-14)16(15)12-18(17)28-2/h4-8,11-12,20H,9-10,13H2,1-3H3. The SMILES string of the molecule is COc1cc2c(cc1OC)C(c1ccccc1)N(C(=O)CSc1nnc(SC)s1)CC2. The van der Waals surface area contributed by atoms with Crippen LogP contribution in [0.4, 0.5) is 0 Å². The monoisotopic (exact) mass is 473 g/mol. The molecule has 2 heterocycles. The molecule has 31 heavy (non-hydrogen) atoms. The summed E-state index contributed by atoms with van der Waals surface area (Å²) in [6, 6.07) is 14.0. The molecule has 1 aliphatic rings. The van der Waals surface area contributed by atoms with E-state index in [1.54, 1.807) is 26.0 Å². The number of carbonyl (C=O) groups is 1. The average Bonchev–Trinajstić information content (AvgIpc) is 3.29. The van der Waals surface area contributed by atoms with Crippen LogP contribution >= 0.6 is 34.9 Å². The lowest BCUT2D eigenvalue weighted by Crippen LogP contribution is -2.41. The largest absolute Gasteiger partial charge is 0.493 e. The highest BCUT2D eigenvalue weighted by Crippen LogP contribution is 2.41. The number of hydrogen-bond acceptors (Lipinski definition) is 8. The van der Waals surface area contributed by atoms with Crippen LogP contribution in [-0.4, -0.2) is 53.8 Å². The highest BCUT2D eigenvalue weighted by Gasteiger charge is 2.33. The lowest BCUT2D eigenvalue weighted by Gasteiger charge is -2.38. The second kappa shape index (κ2) is 9.93. The van der Waals surface area contributed by atoms with E-state index in [1.807, 2.05) is 41.5 Å². The van der Waals surface area contributed by atoms with E-state index in [2.05, 4.69) is 22.3 Å². The fraction of sp³-hybridized carbons (Fsp3) is 0.318. The third kappa shape index (κ3) is 4.68. The lowest BCUT2D eigenvalue weighted by molar-refractivity contribution is -0.130. The van der Waals surface area contributed by atoms with E-state index in [0.29, 0.717) is 23.8 Å². The molecule has 0 bridgehead atoms. The number of carbonyl (C=O) groups excluding carboxylic acids is 1. The Morgan fingerprint density at radius 1 is 1.13 bits per heavy atom. The minimum Gasteiger partial charge on any atom is -0.493 e. The Kier molecular flexibility index (Phi) is 7.04. The fourth-order valence-electron chi connectivity index (χ4n) is 3.75. The summed E-state index contributed by atoms with van der Waals surface area (Å²) in [6.07, 6.45) is 2.74. The molecule has 1 amide bonds. The molecule has 1 unspecified atom stereocenters. The molecule has 0 spiro atoms. The van der Waals surface area contributed by atoms with Crippen LogP contribution in [0.25, 0.3) is 0 Å². The van der Waals surface area contributed by atoms with Gasteiger partial charge in [-0.3, -0.25) is 4.79 Å². The van der Waals surface area contributed by atoms with E-state index in [4.69, 9.17) is 9.47 Å². The molecule has 2 aromatic carbocycles. The van der Waals surface area contributed by atoms with Crippen molar-refractivity contribution in [1.82, 2.24) is 15.1 Å². The van der Waals surface area contributed by atoms with Gasteiger partial charge in [0, 0.05) is 6.54 Å². The third-order valence-corrected chi connectivity index (χ3v) is 8.21. The predicted molar refractivity (Wildman–Crippen MR) is 126 cm³/mol. The molecular formula is C22H23N3O3S3. The summed E-state index contributed by atoms with van der Waals surface area (Å²) >= 11 is 4.53. The quantitative estimate of drug-likeness (QED) is 0.467. The van der Waals surface area contributed by atoms with Crippen molar-refractivity contribution in [3.05, 3.63) is 59.2 Å². The Labute approximate surface area is 194 Å². The number of hydrogen-bond donors (Lipinski definition) is 0. The zero-order valence-electron chi connectivity index (χ0n) is 17.5. The number of methoxy groups -OCH3 is 2. The van der Waals surface area contributed by atoms with Gasteiger partial charge < -0.3 is 14.4 Å². The van der Waals surface area contributed by atoms with Crippen LogP contribution in [0.1, 0.15) is 22.7 Å². The molecule has 1 atom stereocenters. The second-order valence-corrected chi connectivity index (χ2v) is 10.1. The average molecular weight is 474 g/mol. The van der Waals surface area contributed by atoms with Gasteiger partial charge in [0.25, 0.3) is 0 Å². The van der Waals surface area contributed by atoms with Crippen LogP contribution in [0.3, 0.4) is 0 Å². The van der Waals surface area contributed by atoms with Crippen molar-refractivity contribution in [3.63, 3.8) is 0 Å². The first kappa shape index (κ1) is 22.0. The van der Waals surface area contributed by atoms with Gasteiger partial charge in [0.2, 0.25) is 5.91 Å². The van der Waals surface area contributed by atoms with Crippen molar-refractivity contribution in [1.29, 1.82) is 0 Å². The first-order valence-electron chi connectivity index (χ1n) is 9.74. The van der Waals surface area contributed by atoms with Gasteiger partial charge in [-0.25, -0.2) is 0 Å². The summed E-state index contributed by atoms with van der Waals surface area (Å²) < 4.78 is 12.8. The molecule has 162 valence electrons. The van der Waals surface area contributed by atoms with Crippen LogP contribution in [0.2, 0.25) is 0 Å². The zero-order valence-corrected chi connectivity index (χ0v) is 20.0. The van der Waals surface area contributed by atoms with Gasteiger partial charge in [-0.1, -0.05) is 65.2 Å². The van der Waals surface area contributed by atoms with Gasteiger partial charge >= 0.3 is 0 Å². The molecule has 3 aromatic rings. The van der Waals surface area contributed by atoms with E-state index in [9.17, 15) is 4.79 Å². The summed E-state index contributed by atoms with van der Waals surface area (Å²) in [5.41, 5.74) is 3.33. The predicted octanol–water partition coefficient (Wildman–Crippen LogP) is 4.54. The molecule has 0 saturated carbocycles. The van der Waals surface area contributed by atoms with Gasteiger partial charge in [-0.15, -0.1) is 10.2 Å². The minimum atomic E-state index is -0.172. The lowest BCUT2D eigenvalue weighted by atomic mass is 9.87. The summed E-state index contributed by atoms with van der Waals surface area (Å²) in [5.74, 6) is 1.79. The van der Waals surface area contributed by atoms with Crippen molar-refractivity contribution in [2.75, 3.05) is 32.8 Å². The van der Waals surface area contributed by atoms with Crippen LogP contribution in [0.15, 0.2) is 51.1 Å². The third-order valence-electron chi connectivity index (χ3n) is 5.19. The summed E-state index contributed by atoms with van der Waals surface area (Å²) in [5, 5.41) is 8.28. The fourth-order valence-corrected chi connectivity index (χ4v) is 6.08. The van der Waals surface area contributed by atoms with E-state index < -0.39 is 0 Å². The van der Waals surface area contributed by atoms with E-state index >= 15 is 0 Å². The van der Waals surface area contributed by atoms with Crippen molar-refractivity contribution in [2.45, 2.75) is 21.1 Å². The Bertz CT molecular complexity index is 1060. The molecule has 9 heteroatoms. The molecule has 0 aliphatic carbocycles. The summed E-state index contributed by atoms with van der Waals surface area (Å²) in [4.78, 5) is 15.3. The van der Waals surface area contributed by atoms with Crippen LogP contribution < -0.4 is 9.47 Å². The maximum Gasteiger partial charge on any atom is 0.233 e. The van der Waals surface area contributed by atoms with Gasteiger partial charge in [0.05, 0.1) is 26.0 Å². The van der Waals surface area contributed by atoms with Crippen molar-refractivity contribution >= 4 is 40.8 Å². The van der Waals surface area contributed by atoms with Crippen molar-refractivity contribution < 1.29 is 14.3 Å². The molecule has 0 saturated heterocycles. The molecule has 6 nitrogen and oxygen atoms in total. The van der Waals surface area contributed by atoms with Crippen molar-refractivity contribution in [2.24, 2.45) is 0 Å². The number of nitrogens with zero attached hydrogens (tertiary/aromatic N) is 3. The number of ether oxygens (including phenoxy) is 2. The minimum absolute atomic E-state index is 0.0835. The number of thioether (sulfide) groups is 2. The Morgan fingerprint density at radius 2 is 1.84 bits per heavy atom. The number of aromatic nitrogens is 2. The van der Waals surface area contributed by atoms with Gasteiger partial charge in [0.1, 0.15) is 0 Å². The highest BCUT2D eigenvalue weighted by atomic mass is 32.2. The molecule has 4 rings (SSSR count). The maximum absolute atomic E-state index is 13.3. The number of rotatable bonds is 7. The topological polar surface area (TPSA) is 64.6 Å². The maximum atomic E-state index is 13.3. The van der Waals surface area contributed by atoms with Gasteiger partial charge in [-0.2, -0.15) is 0 Å². The molecule has 1 aliphatic heterocycles. The first-order chi connectivity index (χ1) is 15.1. The van der Waals surface area contributed by atoms with Crippen LogP contribution in [0, 0.1) is 0 Å². The normalized spacial score (nSPS) is 15.5.